The maximum Gasteiger partial charge on any atom is 0.391 e. The van der Waals surface area contributed by atoms with Gasteiger partial charge in [0.05, 0.1) is 11.3 Å². The standard InChI is InChI=1S/C15H17F3N2O5/c1-14(2,3)9-5-4-8(6-11(9)20(24)25)12(21)19-10(13(22)23)7-15(16,17)18/h4-6,10H,7H2,1-3H3,(H,19,21)(H,22,23). The van der Waals surface area contributed by atoms with Crippen molar-refractivity contribution in [3.05, 3.63) is 39.4 Å². The fourth-order valence-corrected chi connectivity index (χ4v) is 2.13. The molecule has 10 heteroatoms. The van der Waals surface area contributed by atoms with Gasteiger partial charge in [-0.3, -0.25) is 14.9 Å². The molecule has 1 atom stereocenters. The number of hydrogen-bond acceptors (Lipinski definition) is 4. The Balaban J connectivity index is 3.15. The molecule has 1 aromatic carbocycles. The number of nitrogens with zero attached hydrogens (tertiary/aromatic N) is 1. The van der Waals surface area contributed by atoms with Gasteiger partial charge >= 0.3 is 12.1 Å². The number of carbonyl (C=O) groups is 2. The van der Waals surface area contributed by atoms with Crippen LogP contribution in [0.2, 0.25) is 0 Å². The number of carboxylic acid groups (broad SMARTS) is 1. The first kappa shape index (κ1) is 20.4. The smallest absolute Gasteiger partial charge is 0.391 e. The van der Waals surface area contributed by atoms with Crippen molar-refractivity contribution in [3.63, 3.8) is 0 Å². The van der Waals surface area contributed by atoms with Crippen molar-refractivity contribution >= 4 is 17.6 Å². The number of carbonyl (C=O) groups excluding carboxylic acids is 1. The van der Waals surface area contributed by atoms with Crippen molar-refractivity contribution in [3.8, 4) is 0 Å². The minimum absolute atomic E-state index is 0.298. The lowest BCUT2D eigenvalue weighted by Gasteiger charge is -2.20. The number of carboxylic acids is 1. The van der Waals surface area contributed by atoms with Gasteiger partial charge in [-0.1, -0.05) is 26.8 Å². The number of aliphatic carboxylic acids is 1. The van der Waals surface area contributed by atoms with Crippen LogP contribution in [0.25, 0.3) is 0 Å². The van der Waals surface area contributed by atoms with Crippen LogP contribution in [-0.4, -0.2) is 34.1 Å². The second kappa shape index (κ2) is 7.08. The Kier molecular flexibility index (Phi) is 5.77. The summed E-state index contributed by atoms with van der Waals surface area (Å²) in [6, 6.07) is 1.26. The molecule has 0 saturated carbocycles. The van der Waals surface area contributed by atoms with Crippen LogP contribution in [0, 0.1) is 10.1 Å². The fraction of sp³-hybridized carbons (Fsp3) is 0.467. The first-order valence-electron chi connectivity index (χ1n) is 7.11. The number of nitrogens with one attached hydrogen (secondary N) is 1. The van der Waals surface area contributed by atoms with Gasteiger partial charge in [0.25, 0.3) is 11.6 Å². The molecule has 0 aromatic heterocycles. The third-order valence-electron chi connectivity index (χ3n) is 3.30. The molecular formula is C15H17F3N2O5. The van der Waals surface area contributed by atoms with Gasteiger partial charge in [-0.15, -0.1) is 0 Å². The van der Waals surface area contributed by atoms with E-state index >= 15 is 0 Å². The molecule has 0 radical (unpaired) electrons. The summed E-state index contributed by atoms with van der Waals surface area (Å²) >= 11 is 0. The summed E-state index contributed by atoms with van der Waals surface area (Å²) in [5.74, 6) is -2.99. The molecule has 1 unspecified atom stereocenters. The van der Waals surface area contributed by atoms with Crippen LogP contribution in [0.5, 0.6) is 0 Å². The zero-order chi connectivity index (χ0) is 19.6. The summed E-state index contributed by atoms with van der Waals surface area (Å²) in [7, 11) is 0. The van der Waals surface area contributed by atoms with Crippen LogP contribution in [-0.2, 0) is 10.2 Å². The van der Waals surface area contributed by atoms with Gasteiger partial charge < -0.3 is 10.4 Å². The lowest BCUT2D eigenvalue weighted by atomic mass is 9.85. The zero-order valence-corrected chi connectivity index (χ0v) is 13.7. The van der Waals surface area contributed by atoms with E-state index < -0.39 is 40.9 Å². The van der Waals surface area contributed by atoms with E-state index in [0.29, 0.717) is 5.56 Å². The van der Waals surface area contributed by atoms with Crippen molar-refractivity contribution in [2.24, 2.45) is 0 Å². The molecule has 1 amide bonds. The molecule has 0 fully saturated rings. The number of benzene rings is 1. The molecule has 138 valence electrons. The van der Waals surface area contributed by atoms with Crippen LogP contribution >= 0.6 is 0 Å². The molecule has 7 nitrogen and oxygen atoms in total. The molecule has 0 saturated heterocycles. The number of nitro benzene ring substituents is 1. The minimum Gasteiger partial charge on any atom is -0.480 e. The second-order valence-electron chi connectivity index (χ2n) is 6.42. The van der Waals surface area contributed by atoms with Crippen molar-refractivity contribution in [1.29, 1.82) is 0 Å². The highest BCUT2D eigenvalue weighted by Crippen LogP contribution is 2.32. The molecule has 0 aliphatic carbocycles. The predicted octanol–water partition coefficient (Wildman–Crippen LogP) is 3.03. The maximum atomic E-state index is 12.4. The average Bonchev–Trinajstić information content (AvgIpc) is 2.43. The Morgan fingerprint density at radius 1 is 1.28 bits per heavy atom. The maximum absolute atomic E-state index is 12.4. The highest BCUT2D eigenvalue weighted by Gasteiger charge is 2.36. The van der Waals surface area contributed by atoms with E-state index in [1.54, 1.807) is 26.1 Å². The van der Waals surface area contributed by atoms with E-state index in [-0.39, 0.29) is 11.3 Å². The van der Waals surface area contributed by atoms with E-state index in [4.69, 9.17) is 5.11 Å². The monoisotopic (exact) mass is 362 g/mol. The van der Waals surface area contributed by atoms with Crippen molar-refractivity contribution in [2.75, 3.05) is 0 Å². The lowest BCUT2D eigenvalue weighted by Crippen LogP contribution is -2.43. The number of amides is 1. The van der Waals surface area contributed by atoms with Crippen molar-refractivity contribution in [1.82, 2.24) is 5.32 Å². The molecular weight excluding hydrogens is 345 g/mol. The largest absolute Gasteiger partial charge is 0.480 e. The molecule has 0 spiro atoms. The van der Waals surface area contributed by atoms with E-state index in [1.165, 1.54) is 12.1 Å². The summed E-state index contributed by atoms with van der Waals surface area (Å²) in [6.07, 6.45) is -6.55. The van der Waals surface area contributed by atoms with E-state index in [9.17, 15) is 32.9 Å². The Morgan fingerprint density at radius 3 is 2.24 bits per heavy atom. The topological polar surface area (TPSA) is 110 Å². The summed E-state index contributed by atoms with van der Waals surface area (Å²) < 4.78 is 37.1. The third-order valence-corrected chi connectivity index (χ3v) is 3.30. The normalized spacial score (nSPS) is 13.2. The number of alkyl halides is 3. The van der Waals surface area contributed by atoms with Gasteiger partial charge in [0, 0.05) is 17.2 Å². The quantitative estimate of drug-likeness (QED) is 0.618. The second-order valence-corrected chi connectivity index (χ2v) is 6.42. The fourth-order valence-electron chi connectivity index (χ4n) is 2.13. The van der Waals surface area contributed by atoms with Gasteiger partial charge in [0.2, 0.25) is 0 Å². The summed E-state index contributed by atoms with van der Waals surface area (Å²) in [5, 5.41) is 21.7. The van der Waals surface area contributed by atoms with Gasteiger partial charge in [-0.2, -0.15) is 13.2 Å². The number of hydrogen-bond donors (Lipinski definition) is 2. The van der Waals surface area contributed by atoms with Gasteiger partial charge in [0.1, 0.15) is 6.04 Å². The highest BCUT2D eigenvalue weighted by molar-refractivity contribution is 5.97. The van der Waals surface area contributed by atoms with E-state index in [0.717, 1.165) is 6.07 Å². The summed E-state index contributed by atoms with van der Waals surface area (Å²) in [6.45, 7) is 5.16. The third kappa shape index (κ3) is 5.73. The molecule has 2 N–H and O–H groups in total. The Hall–Kier alpha value is -2.65. The molecule has 0 bridgehead atoms. The van der Waals surface area contributed by atoms with E-state index in [2.05, 4.69) is 0 Å². The van der Waals surface area contributed by atoms with Gasteiger partial charge in [-0.25, -0.2) is 4.79 Å². The molecule has 0 heterocycles. The van der Waals surface area contributed by atoms with Crippen molar-refractivity contribution in [2.45, 2.75) is 44.8 Å². The summed E-state index contributed by atoms with van der Waals surface area (Å²) in [4.78, 5) is 33.4. The van der Waals surface area contributed by atoms with Crippen LogP contribution in [0.4, 0.5) is 18.9 Å². The minimum atomic E-state index is -4.79. The number of nitro groups is 1. The van der Waals surface area contributed by atoms with Gasteiger partial charge in [-0.05, 0) is 11.5 Å². The number of halogens is 3. The highest BCUT2D eigenvalue weighted by atomic mass is 19.4. The van der Waals surface area contributed by atoms with Crippen LogP contribution < -0.4 is 5.32 Å². The van der Waals surface area contributed by atoms with Crippen molar-refractivity contribution < 1.29 is 32.8 Å². The van der Waals surface area contributed by atoms with Gasteiger partial charge in [0.15, 0.2) is 0 Å². The number of rotatable bonds is 5. The van der Waals surface area contributed by atoms with E-state index in [1.807, 2.05) is 0 Å². The SMILES string of the molecule is CC(C)(C)c1ccc(C(=O)NC(CC(F)(F)F)C(=O)O)cc1[N+](=O)[O-]. The Morgan fingerprint density at radius 2 is 1.84 bits per heavy atom. The Labute approximate surface area is 141 Å². The predicted molar refractivity (Wildman–Crippen MR) is 81.4 cm³/mol. The lowest BCUT2D eigenvalue weighted by molar-refractivity contribution is -0.386. The first-order chi connectivity index (χ1) is 11.2. The van der Waals surface area contributed by atoms with Crippen LogP contribution in [0.1, 0.15) is 43.1 Å². The Bertz CT molecular complexity index is 695. The molecule has 0 aliphatic heterocycles. The van der Waals surface area contributed by atoms with Crippen LogP contribution in [0.3, 0.4) is 0 Å². The van der Waals surface area contributed by atoms with Crippen LogP contribution in [0.15, 0.2) is 18.2 Å². The first-order valence-corrected chi connectivity index (χ1v) is 7.11. The molecule has 25 heavy (non-hydrogen) atoms. The zero-order valence-electron chi connectivity index (χ0n) is 13.7. The summed E-state index contributed by atoms with van der Waals surface area (Å²) in [5.41, 5.74) is -0.938. The molecule has 1 rings (SSSR count). The molecule has 0 aliphatic rings. The molecule has 1 aromatic rings. The average molecular weight is 362 g/mol.